The molecule has 25 heavy (non-hydrogen) atoms. The Morgan fingerprint density at radius 3 is 2.60 bits per heavy atom. The molecule has 0 unspecified atom stereocenters. The van der Waals surface area contributed by atoms with E-state index in [4.69, 9.17) is 10.3 Å². The van der Waals surface area contributed by atoms with Crippen molar-refractivity contribution in [1.29, 1.82) is 0 Å². The smallest absolute Gasteiger partial charge is 0.263 e. The van der Waals surface area contributed by atoms with Gasteiger partial charge in [0.2, 0.25) is 11.8 Å². The Labute approximate surface area is 147 Å². The molecule has 0 atom stereocenters. The van der Waals surface area contributed by atoms with Crippen LogP contribution in [-0.2, 0) is 4.79 Å². The second kappa shape index (κ2) is 6.73. The van der Waals surface area contributed by atoms with Gasteiger partial charge in [-0.05, 0) is 24.3 Å². The van der Waals surface area contributed by atoms with Crippen LogP contribution in [0.1, 0.15) is 17.3 Å². The Balaban J connectivity index is 1.82. The average Bonchev–Trinajstić information content (AvgIpc) is 3.24. The van der Waals surface area contributed by atoms with Gasteiger partial charge in [-0.2, -0.15) is 0 Å². The van der Waals surface area contributed by atoms with Gasteiger partial charge < -0.3 is 20.5 Å². The number of amides is 2. The summed E-state index contributed by atoms with van der Waals surface area (Å²) in [6.07, 6.45) is 1.61. The van der Waals surface area contributed by atoms with E-state index in [0.29, 0.717) is 16.4 Å². The Bertz CT molecular complexity index is 903. The molecule has 0 aliphatic heterocycles. The molecule has 0 saturated heterocycles. The van der Waals surface area contributed by atoms with Gasteiger partial charge in [-0.25, -0.2) is 4.98 Å². The van der Waals surface area contributed by atoms with Gasteiger partial charge in [0.1, 0.15) is 10.6 Å². The molecule has 0 spiro atoms. The molecule has 1 aromatic carbocycles. The number of carbonyl (C=O) groups is 2. The van der Waals surface area contributed by atoms with Gasteiger partial charge >= 0.3 is 0 Å². The van der Waals surface area contributed by atoms with E-state index in [2.05, 4.69) is 15.5 Å². The van der Waals surface area contributed by atoms with Crippen LogP contribution in [-0.4, -0.2) is 29.0 Å². The number of anilines is 3. The zero-order chi connectivity index (χ0) is 18.0. The quantitative estimate of drug-likeness (QED) is 0.742. The van der Waals surface area contributed by atoms with Crippen molar-refractivity contribution in [2.45, 2.75) is 6.92 Å². The van der Waals surface area contributed by atoms with Crippen LogP contribution in [0.3, 0.4) is 0 Å². The van der Waals surface area contributed by atoms with Crippen molar-refractivity contribution in [3.8, 4) is 10.7 Å². The summed E-state index contributed by atoms with van der Waals surface area (Å²) >= 11 is 1.33. The number of thiazole rings is 1. The first-order chi connectivity index (χ1) is 12.0. The lowest BCUT2D eigenvalue weighted by Gasteiger charge is -2.15. The second-order valence-electron chi connectivity index (χ2n) is 5.19. The van der Waals surface area contributed by atoms with E-state index >= 15 is 0 Å². The van der Waals surface area contributed by atoms with Crippen molar-refractivity contribution in [2.24, 2.45) is 0 Å². The summed E-state index contributed by atoms with van der Waals surface area (Å²) in [6, 6.07) is 6.85. The van der Waals surface area contributed by atoms with Gasteiger partial charge in [0.25, 0.3) is 5.91 Å². The standard InChI is InChI=1S/C16H15N5O3S/c1-9(22)21(2)11-5-3-10(4-6-11)19-15(23)12-13(20-24-14(12)17)16-18-7-8-25-16/h3-8H,17H2,1-2H3,(H,19,23). The molecule has 128 valence electrons. The second-order valence-corrected chi connectivity index (χ2v) is 6.08. The molecule has 9 heteroatoms. The highest BCUT2D eigenvalue weighted by Crippen LogP contribution is 2.29. The molecule has 0 bridgehead atoms. The fraction of sp³-hybridized carbons (Fsp3) is 0.125. The predicted octanol–water partition coefficient (Wildman–Crippen LogP) is 2.62. The number of nitrogen functional groups attached to an aromatic ring is 1. The van der Waals surface area contributed by atoms with Crippen molar-refractivity contribution in [3.63, 3.8) is 0 Å². The summed E-state index contributed by atoms with van der Waals surface area (Å²) in [6.45, 7) is 1.48. The van der Waals surface area contributed by atoms with Crippen LogP contribution in [0.4, 0.5) is 17.3 Å². The molecular weight excluding hydrogens is 342 g/mol. The fourth-order valence-corrected chi connectivity index (χ4v) is 2.78. The summed E-state index contributed by atoms with van der Waals surface area (Å²) < 4.78 is 4.94. The van der Waals surface area contributed by atoms with Crippen LogP contribution >= 0.6 is 11.3 Å². The maximum atomic E-state index is 12.6. The molecule has 2 amide bonds. The van der Waals surface area contributed by atoms with Crippen LogP contribution < -0.4 is 16.0 Å². The summed E-state index contributed by atoms with van der Waals surface area (Å²) in [7, 11) is 1.67. The molecule has 3 rings (SSSR count). The third-order valence-corrected chi connectivity index (χ3v) is 4.35. The molecule has 3 N–H and O–H groups in total. The number of aromatic nitrogens is 2. The van der Waals surface area contributed by atoms with E-state index in [1.165, 1.54) is 23.2 Å². The van der Waals surface area contributed by atoms with Crippen LogP contribution in [0.25, 0.3) is 10.7 Å². The first-order valence-electron chi connectivity index (χ1n) is 7.28. The minimum Gasteiger partial charge on any atom is -0.367 e. The van der Waals surface area contributed by atoms with Crippen molar-refractivity contribution in [2.75, 3.05) is 23.0 Å². The zero-order valence-electron chi connectivity index (χ0n) is 13.5. The van der Waals surface area contributed by atoms with Crippen molar-refractivity contribution < 1.29 is 14.1 Å². The normalized spacial score (nSPS) is 10.5. The Kier molecular flexibility index (Phi) is 4.48. The highest BCUT2D eigenvalue weighted by Gasteiger charge is 2.24. The molecule has 8 nitrogen and oxygen atoms in total. The third-order valence-electron chi connectivity index (χ3n) is 3.57. The predicted molar refractivity (Wildman–Crippen MR) is 95.5 cm³/mol. The highest BCUT2D eigenvalue weighted by atomic mass is 32.1. The van der Waals surface area contributed by atoms with Crippen LogP contribution in [0.5, 0.6) is 0 Å². The largest absolute Gasteiger partial charge is 0.367 e. The molecular formula is C16H15N5O3S. The minimum absolute atomic E-state index is 0.0735. The summed E-state index contributed by atoms with van der Waals surface area (Å²) in [4.78, 5) is 29.6. The first kappa shape index (κ1) is 16.7. The SMILES string of the molecule is CC(=O)N(C)c1ccc(NC(=O)c2c(-c3nccs3)noc2N)cc1. The van der Waals surface area contributed by atoms with E-state index in [9.17, 15) is 9.59 Å². The van der Waals surface area contributed by atoms with Crippen LogP contribution in [0.2, 0.25) is 0 Å². The third kappa shape index (κ3) is 3.36. The first-order valence-corrected chi connectivity index (χ1v) is 8.16. The number of nitrogens with two attached hydrogens (primary N) is 1. The summed E-state index contributed by atoms with van der Waals surface area (Å²) in [5, 5.41) is 8.87. The minimum atomic E-state index is -0.448. The molecule has 2 aromatic heterocycles. The number of hydrogen-bond acceptors (Lipinski definition) is 7. The van der Waals surface area contributed by atoms with Crippen LogP contribution in [0.15, 0.2) is 40.4 Å². The van der Waals surface area contributed by atoms with Gasteiger partial charge in [0, 0.05) is 36.9 Å². The summed E-state index contributed by atoms with van der Waals surface area (Å²) in [5.41, 5.74) is 7.46. The van der Waals surface area contributed by atoms with E-state index in [1.54, 1.807) is 42.9 Å². The molecule has 0 aliphatic rings. The Hall–Kier alpha value is -3.20. The van der Waals surface area contributed by atoms with Crippen molar-refractivity contribution in [1.82, 2.24) is 10.1 Å². The maximum Gasteiger partial charge on any atom is 0.263 e. The summed E-state index contributed by atoms with van der Waals surface area (Å²) in [5.74, 6) is -0.602. The van der Waals surface area contributed by atoms with Crippen LogP contribution in [0, 0.1) is 0 Å². The average molecular weight is 357 g/mol. The molecule has 0 saturated carbocycles. The van der Waals surface area contributed by atoms with E-state index < -0.39 is 5.91 Å². The lowest BCUT2D eigenvalue weighted by molar-refractivity contribution is -0.116. The molecule has 3 aromatic rings. The number of benzene rings is 1. The van der Waals surface area contributed by atoms with Gasteiger partial charge in [-0.3, -0.25) is 9.59 Å². The monoisotopic (exact) mass is 357 g/mol. The number of rotatable bonds is 4. The molecule has 2 heterocycles. The van der Waals surface area contributed by atoms with Gasteiger partial charge in [-0.15, -0.1) is 11.3 Å². The highest BCUT2D eigenvalue weighted by molar-refractivity contribution is 7.13. The van der Waals surface area contributed by atoms with Crippen molar-refractivity contribution in [3.05, 3.63) is 41.4 Å². The maximum absolute atomic E-state index is 12.6. The molecule has 0 radical (unpaired) electrons. The Morgan fingerprint density at radius 2 is 2.00 bits per heavy atom. The zero-order valence-corrected chi connectivity index (χ0v) is 14.3. The van der Waals surface area contributed by atoms with Gasteiger partial charge in [0.15, 0.2) is 5.69 Å². The molecule has 0 aliphatic carbocycles. The van der Waals surface area contributed by atoms with E-state index in [1.807, 2.05) is 0 Å². The number of nitrogens with zero attached hydrogens (tertiary/aromatic N) is 3. The van der Waals surface area contributed by atoms with Crippen molar-refractivity contribution >= 4 is 40.4 Å². The Morgan fingerprint density at radius 1 is 1.28 bits per heavy atom. The van der Waals surface area contributed by atoms with Gasteiger partial charge in [0.05, 0.1) is 0 Å². The fourth-order valence-electron chi connectivity index (χ4n) is 2.15. The number of carbonyl (C=O) groups excluding carboxylic acids is 2. The lowest BCUT2D eigenvalue weighted by atomic mass is 10.2. The van der Waals surface area contributed by atoms with E-state index in [0.717, 1.165) is 5.69 Å². The number of hydrogen-bond donors (Lipinski definition) is 2. The molecule has 0 fully saturated rings. The lowest BCUT2D eigenvalue weighted by Crippen LogP contribution is -2.22. The topological polar surface area (TPSA) is 114 Å². The van der Waals surface area contributed by atoms with E-state index in [-0.39, 0.29) is 17.4 Å². The van der Waals surface area contributed by atoms with Gasteiger partial charge in [-0.1, -0.05) is 5.16 Å². The number of nitrogens with one attached hydrogen (secondary N) is 1.